The van der Waals surface area contributed by atoms with Gasteiger partial charge in [0.25, 0.3) is 0 Å². The van der Waals surface area contributed by atoms with Gasteiger partial charge in [-0.1, -0.05) is 77.8 Å². The molecule has 0 amide bonds. The molecule has 116 valence electrons. The summed E-state index contributed by atoms with van der Waals surface area (Å²) in [7, 11) is 3.87. The van der Waals surface area contributed by atoms with E-state index in [1.807, 2.05) is 0 Å². The Morgan fingerprint density at radius 2 is 1.04 bits per heavy atom. The molecule has 0 aliphatic carbocycles. The number of hydrogen-bond donors (Lipinski definition) is 0. The van der Waals surface area contributed by atoms with Gasteiger partial charge in [0.1, 0.15) is 7.05 Å². The Kier molecular flexibility index (Phi) is 5.92. The van der Waals surface area contributed by atoms with Crippen LogP contribution in [0.3, 0.4) is 0 Å². The Morgan fingerprint density at radius 3 is 1.48 bits per heavy atom. The van der Waals surface area contributed by atoms with Gasteiger partial charge < -0.3 is 0 Å². The maximum absolute atomic E-state index is 2.38. The van der Waals surface area contributed by atoms with Crippen molar-refractivity contribution in [1.82, 2.24) is 0 Å². The molecule has 0 saturated heterocycles. The molecular weight excluding hydrogens is 316 g/mol. The molecule has 2 aromatic carbocycles. The van der Waals surface area contributed by atoms with E-state index < -0.39 is 0 Å². The zero-order valence-corrected chi connectivity index (χ0v) is 15.4. The van der Waals surface area contributed by atoms with Gasteiger partial charge >= 0.3 is 0 Å². The minimum atomic E-state index is 0.831. The van der Waals surface area contributed by atoms with Crippen molar-refractivity contribution in [1.29, 1.82) is 0 Å². The van der Waals surface area contributed by atoms with Gasteiger partial charge in [0.2, 0.25) is 0 Å². The van der Waals surface area contributed by atoms with Gasteiger partial charge in [0.15, 0.2) is 11.4 Å². The average Bonchev–Trinajstić information content (AvgIpc) is 2.61. The van der Waals surface area contributed by atoms with Crippen molar-refractivity contribution in [3.05, 3.63) is 90.3 Å². The van der Waals surface area contributed by atoms with E-state index in [1.54, 1.807) is 0 Å². The first-order chi connectivity index (χ1) is 11.3. The zero-order chi connectivity index (χ0) is 15.9. The first-order valence-electron chi connectivity index (χ1n) is 7.87. The highest BCUT2D eigenvalue weighted by Crippen LogP contribution is 2.19. The SMILES string of the molecule is C[n+]1c(CPc2ccccc2)cccc1CPc1ccccc1. The molecule has 1 aromatic heterocycles. The second kappa shape index (κ2) is 8.34. The van der Waals surface area contributed by atoms with Gasteiger partial charge in [-0.25, -0.2) is 4.57 Å². The molecule has 0 aliphatic rings. The van der Waals surface area contributed by atoms with Crippen molar-refractivity contribution in [2.24, 2.45) is 7.05 Å². The van der Waals surface area contributed by atoms with Crippen molar-refractivity contribution >= 4 is 27.8 Å². The maximum Gasteiger partial charge on any atom is 0.185 e. The summed E-state index contributed by atoms with van der Waals surface area (Å²) in [6, 6.07) is 28.3. The minimum absolute atomic E-state index is 0.831. The molecule has 1 nitrogen and oxygen atoms in total. The molecule has 0 aliphatic heterocycles. The van der Waals surface area contributed by atoms with Gasteiger partial charge in [-0.3, -0.25) is 0 Å². The van der Waals surface area contributed by atoms with E-state index in [9.17, 15) is 0 Å². The number of hydrogen-bond acceptors (Lipinski definition) is 0. The van der Waals surface area contributed by atoms with Gasteiger partial charge in [-0.05, 0) is 16.7 Å². The molecule has 0 spiro atoms. The third kappa shape index (κ3) is 4.71. The first kappa shape index (κ1) is 16.3. The van der Waals surface area contributed by atoms with Crippen LogP contribution < -0.4 is 15.2 Å². The zero-order valence-electron chi connectivity index (χ0n) is 13.4. The standard InChI is InChI=1S/C20H22NP2/c1-21-17(15-22-19-11-4-2-5-12-19)9-8-10-18(21)16-23-20-13-6-3-7-14-20/h2-14,22-23H,15-16H2,1H3/q+1. The van der Waals surface area contributed by atoms with E-state index in [4.69, 9.17) is 0 Å². The summed E-state index contributed by atoms with van der Waals surface area (Å²) in [5.74, 6) is 0. The van der Waals surface area contributed by atoms with Crippen LogP contribution in [0.15, 0.2) is 78.9 Å². The summed E-state index contributed by atoms with van der Waals surface area (Å²) in [5.41, 5.74) is 2.84. The highest BCUT2D eigenvalue weighted by molar-refractivity contribution is 7.46. The Morgan fingerprint density at radius 1 is 0.609 bits per heavy atom. The van der Waals surface area contributed by atoms with Gasteiger partial charge in [-0.15, -0.1) is 0 Å². The van der Waals surface area contributed by atoms with Crippen molar-refractivity contribution in [2.75, 3.05) is 0 Å². The maximum atomic E-state index is 2.38. The second-order valence-corrected chi connectivity index (χ2v) is 8.08. The third-order valence-electron chi connectivity index (χ3n) is 3.93. The van der Waals surface area contributed by atoms with E-state index in [0.29, 0.717) is 0 Å². The first-order valence-corrected chi connectivity index (χ1v) is 10.3. The van der Waals surface area contributed by atoms with Crippen LogP contribution in [0.4, 0.5) is 0 Å². The highest BCUT2D eigenvalue weighted by atomic mass is 31.1. The lowest BCUT2D eigenvalue weighted by Crippen LogP contribution is -2.37. The number of benzene rings is 2. The van der Waals surface area contributed by atoms with E-state index in [2.05, 4.69) is 90.5 Å². The summed E-state index contributed by atoms with van der Waals surface area (Å²) >= 11 is 0. The Labute approximate surface area is 142 Å². The van der Waals surface area contributed by atoms with Crippen molar-refractivity contribution in [3.63, 3.8) is 0 Å². The highest BCUT2D eigenvalue weighted by Gasteiger charge is 2.12. The predicted molar refractivity (Wildman–Crippen MR) is 104 cm³/mol. The van der Waals surface area contributed by atoms with E-state index in [1.165, 1.54) is 22.0 Å². The Balaban J connectivity index is 1.66. The molecule has 0 radical (unpaired) electrons. The molecule has 3 rings (SSSR count). The summed E-state index contributed by atoms with van der Waals surface area (Å²) in [6.45, 7) is 0. The minimum Gasteiger partial charge on any atom is -0.202 e. The molecule has 0 N–H and O–H groups in total. The van der Waals surface area contributed by atoms with Crippen LogP contribution in [-0.2, 0) is 19.4 Å². The third-order valence-corrected chi connectivity index (χ3v) is 6.49. The van der Waals surface area contributed by atoms with Crippen LogP contribution in [0.1, 0.15) is 11.4 Å². The average molecular weight is 338 g/mol. The van der Waals surface area contributed by atoms with E-state index >= 15 is 0 Å². The fourth-order valence-corrected chi connectivity index (χ4v) is 4.87. The monoisotopic (exact) mass is 338 g/mol. The van der Waals surface area contributed by atoms with Crippen LogP contribution in [-0.4, -0.2) is 0 Å². The van der Waals surface area contributed by atoms with Crippen molar-refractivity contribution < 1.29 is 4.57 Å². The predicted octanol–water partition coefficient (Wildman–Crippen LogP) is 3.52. The molecule has 3 heteroatoms. The fraction of sp³-hybridized carbons (Fsp3) is 0.150. The molecule has 23 heavy (non-hydrogen) atoms. The number of nitrogens with zero attached hydrogens (tertiary/aromatic N) is 1. The van der Waals surface area contributed by atoms with E-state index in [0.717, 1.165) is 29.5 Å². The van der Waals surface area contributed by atoms with Gasteiger partial charge in [-0.2, -0.15) is 0 Å². The lowest BCUT2D eigenvalue weighted by atomic mass is 10.3. The number of aromatic nitrogens is 1. The molecule has 2 atom stereocenters. The molecular formula is C20H22NP2+. The van der Waals surface area contributed by atoms with Gasteiger partial charge in [0, 0.05) is 12.1 Å². The van der Waals surface area contributed by atoms with Gasteiger partial charge in [0.05, 0.1) is 12.3 Å². The smallest absolute Gasteiger partial charge is 0.185 e. The molecule has 0 fully saturated rings. The Hall–Kier alpha value is -1.55. The molecule has 1 heterocycles. The van der Waals surface area contributed by atoms with Crippen molar-refractivity contribution in [2.45, 2.75) is 12.3 Å². The summed E-state index contributed by atoms with van der Waals surface area (Å²) in [5, 5.41) is 2.87. The molecule has 3 aromatic rings. The topological polar surface area (TPSA) is 3.88 Å². The van der Waals surface area contributed by atoms with Crippen LogP contribution in [0.25, 0.3) is 0 Å². The summed E-state index contributed by atoms with van der Waals surface area (Å²) in [4.78, 5) is 0. The van der Waals surface area contributed by atoms with Crippen LogP contribution in [0.5, 0.6) is 0 Å². The van der Waals surface area contributed by atoms with Crippen molar-refractivity contribution in [3.8, 4) is 0 Å². The lowest BCUT2D eigenvalue weighted by molar-refractivity contribution is -0.684. The quantitative estimate of drug-likeness (QED) is 0.478. The molecule has 0 saturated carbocycles. The summed E-state index contributed by atoms with van der Waals surface area (Å²) in [6.07, 6.45) is 2.23. The lowest BCUT2D eigenvalue weighted by Gasteiger charge is -2.06. The molecule has 2 unspecified atom stereocenters. The van der Waals surface area contributed by atoms with E-state index in [-0.39, 0.29) is 0 Å². The largest absolute Gasteiger partial charge is 0.202 e. The number of pyridine rings is 1. The second-order valence-electron chi connectivity index (χ2n) is 5.51. The van der Waals surface area contributed by atoms with Crippen LogP contribution in [0.2, 0.25) is 0 Å². The number of rotatable bonds is 6. The summed E-state index contributed by atoms with van der Waals surface area (Å²) < 4.78 is 2.38. The fourth-order valence-electron chi connectivity index (χ4n) is 2.53. The van der Waals surface area contributed by atoms with Crippen LogP contribution in [0, 0.1) is 0 Å². The normalized spacial score (nSPS) is 11.7. The Bertz CT molecular complexity index is 680. The molecule has 0 bridgehead atoms. The van der Waals surface area contributed by atoms with Crippen LogP contribution >= 0.6 is 17.2 Å².